The van der Waals surface area contributed by atoms with Crippen LogP contribution in [0.1, 0.15) is 59.3 Å². The lowest BCUT2D eigenvalue weighted by Crippen LogP contribution is -2.70. The molecular weight excluding hydrogens is 490 g/mol. The van der Waals surface area contributed by atoms with Gasteiger partial charge >= 0.3 is 11.9 Å². The lowest BCUT2D eigenvalue weighted by atomic mass is 9.58. The molecule has 5 aliphatic rings. The Balaban J connectivity index is 0.000000325. The first-order valence-corrected chi connectivity index (χ1v) is 13.3. The molecule has 0 unspecified atom stereocenters. The molecule has 8 atom stereocenters. The molecule has 0 amide bonds. The summed E-state index contributed by atoms with van der Waals surface area (Å²) in [6.45, 7) is 7.81. The van der Waals surface area contributed by atoms with E-state index >= 15 is 0 Å². The van der Waals surface area contributed by atoms with Gasteiger partial charge in [-0.25, -0.2) is 9.78 Å². The van der Waals surface area contributed by atoms with Crippen LogP contribution in [0.15, 0.2) is 0 Å². The fourth-order valence-corrected chi connectivity index (χ4v) is 6.16. The number of aliphatic hydroxyl groups is 3. The van der Waals surface area contributed by atoms with Gasteiger partial charge in [-0.3, -0.25) is 14.5 Å². The predicted octanol–water partition coefficient (Wildman–Crippen LogP) is 0.868. The maximum atomic E-state index is 12.1. The van der Waals surface area contributed by atoms with E-state index in [1.165, 1.54) is 0 Å². The number of ether oxygens (including phenoxy) is 3. The molecule has 0 aromatic carbocycles. The van der Waals surface area contributed by atoms with Crippen LogP contribution in [0.3, 0.4) is 0 Å². The SMILES string of the molecule is C[C@H]1[C@@H](OC(=O)CCC(=O)O)O[C@@H]2O[C@@]3(C)CC[C@H]4[C@H](C)CC[C@@H]1[C@@]24OO3.OCCN(CCO)CCO. The maximum absolute atomic E-state index is 12.1. The summed E-state index contributed by atoms with van der Waals surface area (Å²) in [5.74, 6) is -1.82. The highest BCUT2D eigenvalue weighted by atomic mass is 17.3. The Labute approximate surface area is 217 Å². The van der Waals surface area contributed by atoms with Crippen molar-refractivity contribution in [1.82, 2.24) is 4.90 Å². The van der Waals surface area contributed by atoms with Crippen molar-refractivity contribution in [3.63, 3.8) is 0 Å². The summed E-state index contributed by atoms with van der Waals surface area (Å²) in [5.41, 5.74) is -0.697. The van der Waals surface area contributed by atoms with Crippen LogP contribution in [0.5, 0.6) is 0 Å². The average Bonchev–Trinajstić information content (AvgIpc) is 3.08. The molecule has 1 saturated carbocycles. The van der Waals surface area contributed by atoms with E-state index in [0.29, 0.717) is 32.0 Å². The topological polar surface area (TPSA) is 164 Å². The minimum absolute atomic E-state index is 0.0670. The van der Waals surface area contributed by atoms with Crippen LogP contribution in [0, 0.1) is 23.7 Å². The van der Waals surface area contributed by atoms with E-state index < -0.39 is 35.9 Å². The smallest absolute Gasteiger partial charge is 0.308 e. The van der Waals surface area contributed by atoms with E-state index in [-0.39, 0.29) is 50.4 Å². The van der Waals surface area contributed by atoms with Gasteiger partial charge in [0.05, 0.1) is 32.7 Å². The first-order valence-electron chi connectivity index (χ1n) is 13.3. The number of aliphatic hydroxyl groups excluding tert-OH is 3. The molecule has 5 fully saturated rings. The van der Waals surface area contributed by atoms with Crippen molar-refractivity contribution in [1.29, 1.82) is 0 Å². The van der Waals surface area contributed by atoms with Crippen LogP contribution in [0.25, 0.3) is 0 Å². The second kappa shape index (κ2) is 13.1. The van der Waals surface area contributed by atoms with Crippen molar-refractivity contribution in [2.45, 2.75) is 83.3 Å². The number of carbonyl (C=O) groups is 2. The molecule has 1 spiro atoms. The summed E-state index contributed by atoms with van der Waals surface area (Å²) >= 11 is 0. The van der Waals surface area contributed by atoms with E-state index in [2.05, 4.69) is 6.92 Å². The van der Waals surface area contributed by atoms with E-state index in [0.717, 1.165) is 19.3 Å². The number of rotatable bonds is 10. The van der Waals surface area contributed by atoms with Crippen LogP contribution in [-0.4, -0.2) is 101 Å². The Hall–Kier alpha value is -1.38. The van der Waals surface area contributed by atoms with Crippen molar-refractivity contribution in [2.24, 2.45) is 23.7 Å². The third kappa shape index (κ3) is 6.80. The molecule has 0 aromatic heterocycles. The number of esters is 1. The molecule has 12 nitrogen and oxygen atoms in total. The summed E-state index contributed by atoms with van der Waals surface area (Å²) < 4.78 is 17.8. The van der Waals surface area contributed by atoms with Gasteiger partial charge in [0.2, 0.25) is 12.1 Å². The molecule has 1 aliphatic carbocycles. The monoisotopic (exact) mass is 533 g/mol. The largest absolute Gasteiger partial charge is 0.481 e. The minimum atomic E-state index is -1.03. The van der Waals surface area contributed by atoms with Crippen molar-refractivity contribution in [2.75, 3.05) is 39.5 Å². The Morgan fingerprint density at radius 3 is 2.19 bits per heavy atom. The first kappa shape index (κ1) is 30.2. The molecule has 37 heavy (non-hydrogen) atoms. The zero-order chi connectivity index (χ0) is 27.2. The summed E-state index contributed by atoms with van der Waals surface area (Å²) in [5, 5.41) is 34.2. The molecular formula is C25H43NO11. The molecule has 2 bridgehead atoms. The molecule has 4 saturated heterocycles. The van der Waals surface area contributed by atoms with Crippen LogP contribution in [-0.2, 0) is 33.6 Å². The predicted molar refractivity (Wildman–Crippen MR) is 127 cm³/mol. The summed E-state index contributed by atoms with van der Waals surface area (Å²) in [7, 11) is 0. The van der Waals surface area contributed by atoms with Gasteiger partial charge in [0.15, 0.2) is 11.9 Å². The van der Waals surface area contributed by atoms with Gasteiger partial charge < -0.3 is 34.6 Å². The van der Waals surface area contributed by atoms with Crippen molar-refractivity contribution < 1.29 is 54.0 Å². The number of carbonyl (C=O) groups excluding carboxylic acids is 1. The van der Waals surface area contributed by atoms with Gasteiger partial charge in [-0.15, -0.1) is 0 Å². The highest BCUT2D eigenvalue weighted by Crippen LogP contribution is 2.60. The normalized spacial score (nSPS) is 38.2. The zero-order valence-electron chi connectivity index (χ0n) is 22.0. The molecule has 4 aliphatic heterocycles. The van der Waals surface area contributed by atoms with Crippen LogP contribution < -0.4 is 0 Å². The Morgan fingerprint density at radius 1 is 0.946 bits per heavy atom. The van der Waals surface area contributed by atoms with E-state index in [1.807, 2.05) is 13.8 Å². The van der Waals surface area contributed by atoms with E-state index in [1.54, 1.807) is 4.90 Å². The number of hydrogen-bond donors (Lipinski definition) is 4. The third-order valence-electron chi connectivity index (χ3n) is 8.14. The summed E-state index contributed by atoms with van der Waals surface area (Å²) in [6.07, 6.45) is 1.72. The summed E-state index contributed by atoms with van der Waals surface area (Å²) in [4.78, 5) is 36.3. The minimum Gasteiger partial charge on any atom is -0.481 e. The Kier molecular flexibility index (Phi) is 10.7. The number of fused-ring (bicyclic) bond motifs is 2. The number of carboxylic acid groups (broad SMARTS) is 1. The molecule has 214 valence electrons. The molecule has 4 N–H and O–H groups in total. The molecule has 4 heterocycles. The average molecular weight is 534 g/mol. The molecule has 5 rings (SSSR count). The molecule has 0 radical (unpaired) electrons. The first-order chi connectivity index (χ1) is 17.6. The van der Waals surface area contributed by atoms with Crippen molar-refractivity contribution in [3.05, 3.63) is 0 Å². The van der Waals surface area contributed by atoms with Gasteiger partial charge in [-0.2, -0.15) is 0 Å². The molecule has 12 heteroatoms. The Bertz CT molecular complexity index is 755. The molecule has 0 aromatic rings. The van der Waals surface area contributed by atoms with Gasteiger partial charge in [-0.05, 0) is 38.0 Å². The van der Waals surface area contributed by atoms with E-state index in [9.17, 15) is 9.59 Å². The second-order valence-electron chi connectivity index (χ2n) is 10.7. The second-order valence-corrected chi connectivity index (χ2v) is 10.7. The van der Waals surface area contributed by atoms with Crippen molar-refractivity contribution in [3.8, 4) is 0 Å². The van der Waals surface area contributed by atoms with Gasteiger partial charge in [0.1, 0.15) is 0 Å². The lowest BCUT2D eigenvalue weighted by Gasteiger charge is -2.59. The van der Waals surface area contributed by atoms with Gasteiger partial charge in [0.25, 0.3) is 0 Å². The van der Waals surface area contributed by atoms with E-state index in [4.69, 9.17) is 44.4 Å². The zero-order valence-corrected chi connectivity index (χ0v) is 22.0. The van der Waals surface area contributed by atoms with Crippen LogP contribution in [0.4, 0.5) is 0 Å². The number of carboxylic acids is 1. The van der Waals surface area contributed by atoms with Gasteiger partial charge in [-0.1, -0.05) is 13.8 Å². The third-order valence-corrected chi connectivity index (χ3v) is 8.14. The Morgan fingerprint density at radius 2 is 1.59 bits per heavy atom. The van der Waals surface area contributed by atoms with Crippen LogP contribution >= 0.6 is 0 Å². The maximum Gasteiger partial charge on any atom is 0.308 e. The summed E-state index contributed by atoms with van der Waals surface area (Å²) in [6, 6.07) is 0. The number of nitrogens with zero attached hydrogens (tertiary/aromatic N) is 1. The number of hydrogen-bond acceptors (Lipinski definition) is 11. The number of aliphatic carboxylic acids is 1. The van der Waals surface area contributed by atoms with Crippen LogP contribution in [0.2, 0.25) is 0 Å². The lowest BCUT2D eigenvalue weighted by molar-refractivity contribution is -0.576. The fourth-order valence-electron chi connectivity index (χ4n) is 6.16. The quantitative estimate of drug-likeness (QED) is 0.232. The highest BCUT2D eigenvalue weighted by molar-refractivity contribution is 5.76. The van der Waals surface area contributed by atoms with Crippen molar-refractivity contribution >= 4 is 11.9 Å². The fraction of sp³-hybridized carbons (Fsp3) is 0.920. The highest BCUT2D eigenvalue weighted by Gasteiger charge is 2.69. The standard InChI is InChI=1S/C19H28O8.C6H15NO3/c1-10-4-5-13-11(2)16(23-15(22)7-6-14(20)21)24-17-19(13)12(10)8-9-18(3,25-17)26-27-19;8-4-1-7(2-5-9)3-6-10/h10-13,16-17H,4-9H2,1-3H3,(H,20,21);8-10H,1-6H2/t10-,11-,12+,13+,16+,17-,18-,19-;/m1./s1. The van der Waals surface area contributed by atoms with Gasteiger partial charge in [0, 0.05) is 37.9 Å².